The third-order valence-corrected chi connectivity index (χ3v) is 4.16. The van der Waals surface area contributed by atoms with Crippen LogP contribution in [0.15, 0.2) is 36.4 Å². The molecule has 122 valence electrons. The van der Waals surface area contributed by atoms with Crippen molar-refractivity contribution in [3.8, 4) is 5.75 Å². The summed E-state index contributed by atoms with van der Waals surface area (Å²) in [6, 6.07) is 12.0. The third kappa shape index (κ3) is 4.60. The summed E-state index contributed by atoms with van der Waals surface area (Å²) in [7, 11) is 1.59. The van der Waals surface area contributed by atoms with Crippen molar-refractivity contribution in [2.45, 2.75) is 26.8 Å². The number of ether oxygens (including phenoxy) is 1. The average molecular weight is 349 g/mol. The van der Waals surface area contributed by atoms with Gasteiger partial charge >= 0.3 is 0 Å². The molecule has 0 aromatic heterocycles. The van der Waals surface area contributed by atoms with E-state index < -0.39 is 0 Å². The van der Waals surface area contributed by atoms with Crippen molar-refractivity contribution in [2.75, 3.05) is 12.4 Å². The van der Waals surface area contributed by atoms with Crippen LogP contribution in [-0.4, -0.2) is 12.2 Å². The molecule has 0 amide bonds. The molecule has 0 aliphatic heterocycles. The molecule has 5 heteroatoms. The first-order valence-electron chi connectivity index (χ1n) is 7.39. The van der Waals surface area contributed by atoms with Gasteiger partial charge in [0, 0.05) is 5.69 Å². The molecular weight excluding hydrogens is 328 g/mol. The van der Waals surface area contributed by atoms with Crippen molar-refractivity contribution in [3.05, 3.63) is 58.1 Å². The van der Waals surface area contributed by atoms with Crippen molar-refractivity contribution >= 4 is 34.6 Å². The number of methoxy groups -OCH3 is 1. The Morgan fingerprint density at radius 2 is 1.91 bits per heavy atom. The highest BCUT2D eigenvalue weighted by Crippen LogP contribution is 2.27. The van der Waals surface area contributed by atoms with Crippen molar-refractivity contribution < 1.29 is 4.74 Å². The summed E-state index contributed by atoms with van der Waals surface area (Å²) < 4.78 is 5.14. The molecule has 0 aliphatic rings. The Morgan fingerprint density at radius 3 is 2.52 bits per heavy atom. The smallest absolute Gasteiger partial charge is 0.171 e. The molecule has 1 unspecified atom stereocenters. The van der Waals surface area contributed by atoms with Crippen LogP contribution in [0.25, 0.3) is 0 Å². The number of benzene rings is 2. The molecule has 3 nitrogen and oxygen atoms in total. The van der Waals surface area contributed by atoms with E-state index in [9.17, 15) is 0 Å². The summed E-state index contributed by atoms with van der Waals surface area (Å²) in [4.78, 5) is 0. The van der Waals surface area contributed by atoms with E-state index >= 15 is 0 Å². The highest BCUT2D eigenvalue weighted by Gasteiger charge is 2.10. The van der Waals surface area contributed by atoms with Crippen molar-refractivity contribution in [1.82, 2.24) is 5.32 Å². The number of rotatable bonds is 4. The molecule has 2 N–H and O–H groups in total. The van der Waals surface area contributed by atoms with Crippen LogP contribution in [-0.2, 0) is 0 Å². The lowest BCUT2D eigenvalue weighted by Crippen LogP contribution is -2.31. The maximum absolute atomic E-state index is 6.12. The maximum atomic E-state index is 6.12. The molecular formula is C18H21ClN2OS. The van der Waals surface area contributed by atoms with Gasteiger partial charge in [-0.1, -0.05) is 35.4 Å². The number of hydrogen-bond donors (Lipinski definition) is 2. The van der Waals surface area contributed by atoms with Crippen LogP contribution in [0.2, 0.25) is 5.02 Å². The van der Waals surface area contributed by atoms with Gasteiger partial charge in [-0.05, 0) is 62.3 Å². The quantitative estimate of drug-likeness (QED) is 0.761. The molecule has 0 fully saturated rings. The fourth-order valence-corrected chi connectivity index (χ4v) is 3.05. The lowest BCUT2D eigenvalue weighted by atomic mass is 10.0. The molecule has 0 bridgehead atoms. The van der Waals surface area contributed by atoms with Crippen LogP contribution in [0.5, 0.6) is 5.75 Å². The van der Waals surface area contributed by atoms with E-state index in [0.717, 1.165) is 5.69 Å². The fourth-order valence-electron chi connectivity index (χ4n) is 2.50. The van der Waals surface area contributed by atoms with Gasteiger partial charge in [-0.2, -0.15) is 0 Å². The lowest BCUT2D eigenvalue weighted by Gasteiger charge is -2.19. The highest BCUT2D eigenvalue weighted by atomic mass is 35.5. The molecule has 2 rings (SSSR count). The Bertz CT molecular complexity index is 718. The summed E-state index contributed by atoms with van der Waals surface area (Å²) in [5, 5.41) is 7.54. The molecule has 0 spiro atoms. The minimum Gasteiger partial charge on any atom is -0.495 e. The van der Waals surface area contributed by atoms with Crippen molar-refractivity contribution in [2.24, 2.45) is 0 Å². The second-order valence-corrected chi connectivity index (χ2v) is 6.34. The normalized spacial score (nSPS) is 11.7. The monoisotopic (exact) mass is 348 g/mol. The topological polar surface area (TPSA) is 33.3 Å². The molecule has 2 aromatic rings. The number of halogens is 1. The lowest BCUT2D eigenvalue weighted by molar-refractivity contribution is 0.415. The molecule has 0 heterocycles. The first-order valence-corrected chi connectivity index (χ1v) is 8.17. The fraction of sp³-hybridized carbons (Fsp3) is 0.278. The number of thiocarbonyl (C=S) groups is 1. The Balaban J connectivity index is 2.02. The maximum Gasteiger partial charge on any atom is 0.171 e. The zero-order valence-electron chi connectivity index (χ0n) is 13.7. The SMILES string of the molecule is COc1ccc(NC(=S)NC(C)c2ccc(C)cc2C)cc1Cl. The van der Waals surface area contributed by atoms with E-state index in [0.29, 0.717) is 15.9 Å². The predicted octanol–water partition coefficient (Wildman–Crippen LogP) is 5.01. The van der Waals surface area contributed by atoms with Gasteiger partial charge in [0.2, 0.25) is 0 Å². The van der Waals surface area contributed by atoms with Crippen LogP contribution < -0.4 is 15.4 Å². The summed E-state index contributed by atoms with van der Waals surface area (Å²) in [6.45, 7) is 6.29. The Kier molecular flexibility index (Phi) is 5.85. The molecule has 23 heavy (non-hydrogen) atoms. The zero-order chi connectivity index (χ0) is 17.0. The van der Waals surface area contributed by atoms with Crippen LogP contribution in [0.1, 0.15) is 29.7 Å². The van der Waals surface area contributed by atoms with Gasteiger partial charge in [0.15, 0.2) is 5.11 Å². The van der Waals surface area contributed by atoms with E-state index in [4.69, 9.17) is 28.6 Å². The van der Waals surface area contributed by atoms with E-state index in [1.54, 1.807) is 19.2 Å². The first-order chi connectivity index (χ1) is 10.9. The van der Waals surface area contributed by atoms with Gasteiger partial charge in [-0.25, -0.2) is 0 Å². The standard InChI is InChI=1S/C18H21ClN2OS/c1-11-5-7-15(12(2)9-11)13(3)20-18(23)21-14-6-8-17(22-4)16(19)10-14/h5-10,13H,1-4H3,(H2,20,21,23). The molecule has 0 saturated heterocycles. The second-order valence-electron chi connectivity index (χ2n) is 5.53. The van der Waals surface area contributed by atoms with E-state index in [1.807, 2.05) is 6.07 Å². The minimum atomic E-state index is 0.115. The highest BCUT2D eigenvalue weighted by molar-refractivity contribution is 7.80. The summed E-state index contributed by atoms with van der Waals surface area (Å²) in [5.74, 6) is 0.639. The van der Waals surface area contributed by atoms with Gasteiger partial charge in [0.25, 0.3) is 0 Å². The van der Waals surface area contributed by atoms with E-state index in [2.05, 4.69) is 49.6 Å². The average Bonchev–Trinajstić information content (AvgIpc) is 2.47. The van der Waals surface area contributed by atoms with Crippen molar-refractivity contribution in [3.63, 3.8) is 0 Å². The van der Waals surface area contributed by atoms with Gasteiger partial charge in [0.1, 0.15) is 5.75 Å². The summed E-state index contributed by atoms with van der Waals surface area (Å²) in [6.07, 6.45) is 0. The van der Waals surface area contributed by atoms with Gasteiger partial charge < -0.3 is 15.4 Å². The zero-order valence-corrected chi connectivity index (χ0v) is 15.3. The number of nitrogens with one attached hydrogen (secondary N) is 2. The van der Waals surface area contributed by atoms with Crippen LogP contribution in [0.4, 0.5) is 5.69 Å². The van der Waals surface area contributed by atoms with Gasteiger partial charge in [0.05, 0.1) is 18.2 Å². The van der Waals surface area contributed by atoms with E-state index in [-0.39, 0.29) is 6.04 Å². The molecule has 0 saturated carbocycles. The largest absolute Gasteiger partial charge is 0.495 e. The molecule has 0 aliphatic carbocycles. The number of anilines is 1. The van der Waals surface area contributed by atoms with Crippen LogP contribution in [0.3, 0.4) is 0 Å². The Labute approximate surface area is 148 Å². The molecule has 0 radical (unpaired) electrons. The first kappa shape index (κ1) is 17.6. The predicted molar refractivity (Wildman–Crippen MR) is 102 cm³/mol. The van der Waals surface area contributed by atoms with Gasteiger partial charge in [-0.15, -0.1) is 0 Å². The summed E-state index contributed by atoms with van der Waals surface area (Å²) in [5.41, 5.74) is 4.56. The molecule has 2 aromatic carbocycles. The number of hydrogen-bond acceptors (Lipinski definition) is 2. The second kappa shape index (κ2) is 7.66. The van der Waals surface area contributed by atoms with Gasteiger partial charge in [-0.3, -0.25) is 0 Å². The summed E-state index contributed by atoms with van der Waals surface area (Å²) >= 11 is 11.5. The van der Waals surface area contributed by atoms with Crippen LogP contribution in [0, 0.1) is 13.8 Å². The Hall–Kier alpha value is -1.78. The third-order valence-electron chi connectivity index (χ3n) is 3.65. The van der Waals surface area contributed by atoms with Crippen LogP contribution >= 0.6 is 23.8 Å². The Morgan fingerprint density at radius 1 is 1.17 bits per heavy atom. The number of aryl methyl sites for hydroxylation is 2. The van der Waals surface area contributed by atoms with E-state index in [1.165, 1.54) is 16.7 Å². The minimum absolute atomic E-state index is 0.115. The molecule has 1 atom stereocenters. The van der Waals surface area contributed by atoms with Crippen molar-refractivity contribution in [1.29, 1.82) is 0 Å².